The Kier molecular flexibility index (Phi) is 4.36. The van der Waals surface area contributed by atoms with Crippen molar-refractivity contribution >= 4 is 17.6 Å². The highest BCUT2D eigenvalue weighted by atomic mass is 16.4. The molecule has 7 heteroatoms. The van der Waals surface area contributed by atoms with Crippen molar-refractivity contribution in [3.63, 3.8) is 0 Å². The average Bonchev–Trinajstić information content (AvgIpc) is 3.12. The first-order valence-corrected chi connectivity index (χ1v) is 9.07. The molecule has 0 saturated carbocycles. The minimum atomic E-state index is -1.03. The van der Waals surface area contributed by atoms with Crippen LogP contribution in [0.15, 0.2) is 24.3 Å². The molecule has 2 N–H and O–H groups in total. The number of piperidine rings is 1. The number of anilines is 1. The highest BCUT2D eigenvalue weighted by molar-refractivity contribution is 5.95. The summed E-state index contributed by atoms with van der Waals surface area (Å²) >= 11 is 0. The zero-order valence-corrected chi connectivity index (χ0v) is 14.6. The summed E-state index contributed by atoms with van der Waals surface area (Å²) in [5, 5.41) is 15.8. The molecule has 1 aromatic carbocycles. The molecule has 0 unspecified atom stereocenters. The number of fused-ring (bicyclic) bond motifs is 1. The van der Waals surface area contributed by atoms with Crippen molar-refractivity contribution in [3.05, 3.63) is 46.8 Å². The number of hydrogen-bond acceptors (Lipinski definition) is 4. The van der Waals surface area contributed by atoms with Crippen molar-refractivity contribution in [2.75, 3.05) is 24.5 Å². The maximum atomic E-state index is 12.8. The number of aromatic nitrogens is 2. The van der Waals surface area contributed by atoms with Gasteiger partial charge < -0.3 is 14.9 Å². The van der Waals surface area contributed by atoms with E-state index in [2.05, 4.69) is 15.1 Å². The van der Waals surface area contributed by atoms with E-state index in [0.29, 0.717) is 36.3 Å². The van der Waals surface area contributed by atoms with E-state index in [9.17, 15) is 9.59 Å². The smallest absolute Gasteiger partial charge is 0.356 e. The number of carbonyl (C=O) groups is 2. The summed E-state index contributed by atoms with van der Waals surface area (Å²) in [6, 6.07) is 7.81. The number of rotatable bonds is 3. The van der Waals surface area contributed by atoms with Gasteiger partial charge in [0.05, 0.1) is 12.2 Å². The van der Waals surface area contributed by atoms with Gasteiger partial charge in [0.2, 0.25) is 0 Å². The number of nitrogens with zero attached hydrogens (tertiary/aromatic N) is 3. The largest absolute Gasteiger partial charge is 0.476 e. The maximum Gasteiger partial charge on any atom is 0.356 e. The summed E-state index contributed by atoms with van der Waals surface area (Å²) in [6.45, 7) is 3.02. The predicted octanol–water partition coefficient (Wildman–Crippen LogP) is 2.30. The van der Waals surface area contributed by atoms with Gasteiger partial charge in [-0.25, -0.2) is 4.79 Å². The molecule has 2 aromatic rings. The number of amides is 1. The molecule has 2 aliphatic heterocycles. The van der Waals surface area contributed by atoms with Gasteiger partial charge in [-0.3, -0.25) is 9.89 Å². The molecule has 3 heterocycles. The molecule has 0 aliphatic carbocycles. The van der Waals surface area contributed by atoms with Crippen LogP contribution in [0.1, 0.15) is 51.4 Å². The van der Waals surface area contributed by atoms with E-state index >= 15 is 0 Å². The maximum absolute atomic E-state index is 12.8. The number of carbonyl (C=O) groups excluding carboxylic acids is 1. The molecular weight excluding hydrogens is 332 g/mol. The van der Waals surface area contributed by atoms with Crippen LogP contribution >= 0.6 is 0 Å². The molecule has 4 rings (SSSR count). The number of nitrogens with one attached hydrogen (secondary N) is 1. The number of carboxylic acids is 1. The van der Waals surface area contributed by atoms with Gasteiger partial charge in [0, 0.05) is 36.4 Å². The summed E-state index contributed by atoms with van der Waals surface area (Å²) in [5.41, 5.74) is 3.32. The van der Waals surface area contributed by atoms with E-state index in [0.717, 1.165) is 13.1 Å². The highest BCUT2D eigenvalue weighted by Crippen LogP contribution is 2.24. The molecule has 1 amide bonds. The van der Waals surface area contributed by atoms with Crippen LogP contribution in [0.25, 0.3) is 0 Å². The number of benzene rings is 1. The summed E-state index contributed by atoms with van der Waals surface area (Å²) in [7, 11) is 0. The molecular formula is C19H22N4O3. The third-order valence-electron chi connectivity index (χ3n) is 5.26. The van der Waals surface area contributed by atoms with Gasteiger partial charge in [0.15, 0.2) is 5.69 Å². The van der Waals surface area contributed by atoms with Gasteiger partial charge in [0.1, 0.15) is 0 Å². The van der Waals surface area contributed by atoms with Gasteiger partial charge in [-0.1, -0.05) is 0 Å². The Morgan fingerprint density at radius 1 is 1.04 bits per heavy atom. The van der Waals surface area contributed by atoms with Gasteiger partial charge >= 0.3 is 5.97 Å². The summed E-state index contributed by atoms with van der Waals surface area (Å²) in [5.74, 6) is -1.07. The van der Waals surface area contributed by atoms with E-state index in [4.69, 9.17) is 5.11 Å². The lowest BCUT2D eigenvalue weighted by Crippen LogP contribution is -2.36. The number of hydrogen-bond donors (Lipinski definition) is 2. The van der Waals surface area contributed by atoms with Gasteiger partial charge in [0.25, 0.3) is 5.91 Å². The van der Waals surface area contributed by atoms with Gasteiger partial charge in [-0.2, -0.15) is 5.10 Å². The van der Waals surface area contributed by atoms with Crippen LogP contribution in [-0.2, 0) is 13.0 Å². The first kappa shape index (κ1) is 16.6. The van der Waals surface area contributed by atoms with Crippen LogP contribution in [0.5, 0.6) is 0 Å². The second-order valence-electron chi connectivity index (χ2n) is 6.91. The Morgan fingerprint density at radius 3 is 2.46 bits per heavy atom. The van der Waals surface area contributed by atoms with Gasteiger partial charge in [-0.05, 0) is 49.9 Å². The summed E-state index contributed by atoms with van der Waals surface area (Å²) in [4.78, 5) is 28.1. The molecule has 0 atom stereocenters. The predicted molar refractivity (Wildman–Crippen MR) is 96.5 cm³/mol. The lowest BCUT2D eigenvalue weighted by Gasteiger charge is -2.29. The van der Waals surface area contributed by atoms with Crippen LogP contribution in [-0.4, -0.2) is 51.7 Å². The molecule has 0 radical (unpaired) electrons. The van der Waals surface area contributed by atoms with Crippen LogP contribution < -0.4 is 4.90 Å². The Bertz CT molecular complexity index is 822. The Labute approximate surface area is 151 Å². The quantitative estimate of drug-likeness (QED) is 0.883. The fourth-order valence-corrected chi connectivity index (χ4v) is 3.82. The van der Waals surface area contributed by atoms with Crippen molar-refractivity contribution < 1.29 is 14.7 Å². The normalized spacial score (nSPS) is 17.1. The van der Waals surface area contributed by atoms with Crippen LogP contribution in [0.4, 0.5) is 5.69 Å². The van der Waals surface area contributed by atoms with E-state index in [1.54, 1.807) is 4.90 Å². The number of carboxylic acid groups (broad SMARTS) is 1. The topological polar surface area (TPSA) is 89.5 Å². The van der Waals surface area contributed by atoms with Crippen molar-refractivity contribution in [2.45, 2.75) is 32.2 Å². The second kappa shape index (κ2) is 6.82. The molecule has 1 saturated heterocycles. The molecule has 7 nitrogen and oxygen atoms in total. The molecule has 1 aromatic heterocycles. The Hall–Kier alpha value is -2.83. The second-order valence-corrected chi connectivity index (χ2v) is 6.91. The molecule has 1 fully saturated rings. The third-order valence-corrected chi connectivity index (χ3v) is 5.26. The first-order valence-electron chi connectivity index (χ1n) is 9.07. The van der Waals surface area contributed by atoms with E-state index in [-0.39, 0.29) is 11.6 Å². The zero-order chi connectivity index (χ0) is 18.1. The average molecular weight is 354 g/mol. The Balaban J connectivity index is 1.46. The summed E-state index contributed by atoms with van der Waals surface area (Å²) in [6.07, 6.45) is 4.24. The van der Waals surface area contributed by atoms with E-state index in [1.165, 1.54) is 24.9 Å². The first-order chi connectivity index (χ1) is 12.6. The monoisotopic (exact) mass is 354 g/mol. The zero-order valence-electron chi connectivity index (χ0n) is 14.6. The number of aromatic amines is 1. The lowest BCUT2D eigenvalue weighted by atomic mass is 10.0. The molecule has 2 aliphatic rings. The van der Waals surface area contributed by atoms with Gasteiger partial charge in [-0.15, -0.1) is 0 Å². The molecule has 0 bridgehead atoms. The number of H-pyrrole nitrogens is 1. The summed E-state index contributed by atoms with van der Waals surface area (Å²) < 4.78 is 0. The highest BCUT2D eigenvalue weighted by Gasteiger charge is 2.27. The fourth-order valence-electron chi connectivity index (χ4n) is 3.82. The molecule has 136 valence electrons. The minimum absolute atomic E-state index is 0.0349. The standard InChI is InChI=1S/C19H22N4O3/c24-18(13-4-6-14(7-5-13)22-9-2-1-3-10-22)23-11-8-15-16(12-23)20-21-17(15)19(25)26/h4-7H,1-3,8-12H2,(H,20,21)(H,25,26). The van der Waals surface area contributed by atoms with Crippen LogP contribution in [0.3, 0.4) is 0 Å². The SMILES string of the molecule is O=C(O)c1n[nH]c2c1CCN(C(=O)c1ccc(N3CCCCC3)cc1)C2. The van der Waals surface area contributed by atoms with E-state index < -0.39 is 5.97 Å². The van der Waals surface area contributed by atoms with Crippen molar-refractivity contribution in [1.82, 2.24) is 15.1 Å². The lowest BCUT2D eigenvalue weighted by molar-refractivity contribution is 0.0689. The van der Waals surface area contributed by atoms with E-state index in [1.807, 2.05) is 24.3 Å². The van der Waals surface area contributed by atoms with Crippen LogP contribution in [0, 0.1) is 0 Å². The Morgan fingerprint density at radius 2 is 1.77 bits per heavy atom. The third kappa shape index (κ3) is 3.05. The molecule has 0 spiro atoms. The van der Waals surface area contributed by atoms with Crippen molar-refractivity contribution in [2.24, 2.45) is 0 Å². The van der Waals surface area contributed by atoms with Crippen LogP contribution in [0.2, 0.25) is 0 Å². The number of aromatic carboxylic acids is 1. The molecule has 26 heavy (non-hydrogen) atoms. The van der Waals surface area contributed by atoms with Crippen molar-refractivity contribution in [3.8, 4) is 0 Å². The fraction of sp³-hybridized carbons (Fsp3) is 0.421. The van der Waals surface area contributed by atoms with Crippen molar-refractivity contribution in [1.29, 1.82) is 0 Å². The minimum Gasteiger partial charge on any atom is -0.476 e.